The quantitative estimate of drug-likeness (QED) is 0.652. The molecule has 1 N–H and O–H groups in total. The van der Waals surface area contributed by atoms with E-state index in [0.29, 0.717) is 0 Å². The highest BCUT2D eigenvalue weighted by atomic mass is 16.4. The summed E-state index contributed by atoms with van der Waals surface area (Å²) in [5.41, 5.74) is 1.36. The van der Waals surface area contributed by atoms with Gasteiger partial charge in [0.1, 0.15) is 0 Å². The molecule has 0 unspecified atom stereocenters. The number of Topliss-reactive ketones (excluding diaryl/α,β-unsaturated/α-hetero) is 1. The molecule has 1 heterocycles. The molecule has 4 nitrogen and oxygen atoms in total. The minimum atomic E-state index is -1.40. The Labute approximate surface area is 106 Å². The minimum Gasteiger partial charge on any atom is -0.475 e. The van der Waals surface area contributed by atoms with E-state index in [-0.39, 0.29) is 5.56 Å². The molecule has 0 spiro atoms. The summed E-state index contributed by atoms with van der Waals surface area (Å²) in [4.78, 5) is 24.2. The number of piperidine rings is 1. The Morgan fingerprint density at radius 1 is 1.06 bits per heavy atom. The molecule has 18 heavy (non-hydrogen) atoms. The molecule has 0 amide bonds. The lowest BCUT2D eigenvalue weighted by atomic mass is 10.1. The Morgan fingerprint density at radius 3 is 2.22 bits per heavy atom. The average Bonchev–Trinajstić information content (AvgIpc) is 2.40. The van der Waals surface area contributed by atoms with Gasteiger partial charge in [-0.3, -0.25) is 9.69 Å². The van der Waals surface area contributed by atoms with Crippen molar-refractivity contribution < 1.29 is 14.7 Å². The second-order valence-corrected chi connectivity index (χ2v) is 4.67. The zero-order valence-electron chi connectivity index (χ0n) is 10.3. The summed E-state index contributed by atoms with van der Waals surface area (Å²) in [5, 5.41) is 8.61. The Hall–Kier alpha value is -1.68. The molecule has 1 aliphatic heterocycles. The predicted octanol–water partition coefficient (Wildman–Crippen LogP) is 1.94. The highest BCUT2D eigenvalue weighted by Gasteiger charge is 2.14. The van der Waals surface area contributed by atoms with Gasteiger partial charge in [-0.05, 0) is 31.5 Å². The van der Waals surface area contributed by atoms with Crippen molar-refractivity contribution in [1.29, 1.82) is 0 Å². The maximum absolute atomic E-state index is 11.2. The number of benzene rings is 1. The lowest BCUT2D eigenvalue weighted by molar-refractivity contribution is -0.131. The van der Waals surface area contributed by atoms with Crippen LogP contribution in [0.5, 0.6) is 0 Å². The molecule has 1 aliphatic rings. The van der Waals surface area contributed by atoms with Crippen LogP contribution in [0.4, 0.5) is 0 Å². The van der Waals surface area contributed by atoms with Gasteiger partial charge in [0.2, 0.25) is 0 Å². The van der Waals surface area contributed by atoms with Crippen LogP contribution in [0.15, 0.2) is 24.3 Å². The molecule has 2 rings (SSSR count). The molecule has 1 fully saturated rings. The Bertz CT molecular complexity index is 433. The van der Waals surface area contributed by atoms with Crippen LogP contribution in [-0.4, -0.2) is 34.8 Å². The van der Waals surface area contributed by atoms with E-state index in [1.807, 2.05) is 12.1 Å². The molecule has 1 aromatic rings. The van der Waals surface area contributed by atoms with Crippen molar-refractivity contribution in [2.24, 2.45) is 0 Å². The smallest absolute Gasteiger partial charge is 0.377 e. The predicted molar refractivity (Wildman–Crippen MR) is 67.5 cm³/mol. The first-order chi connectivity index (χ1) is 8.66. The fraction of sp³-hybridized carbons (Fsp3) is 0.429. The van der Waals surface area contributed by atoms with Crippen molar-refractivity contribution in [3.8, 4) is 0 Å². The highest BCUT2D eigenvalue weighted by molar-refractivity contribution is 6.39. The minimum absolute atomic E-state index is 0.241. The largest absolute Gasteiger partial charge is 0.475 e. The first kappa shape index (κ1) is 12.8. The Balaban J connectivity index is 1.98. The van der Waals surface area contributed by atoms with Crippen molar-refractivity contribution in [2.45, 2.75) is 25.8 Å². The molecule has 1 saturated heterocycles. The number of aliphatic carboxylic acids is 1. The van der Waals surface area contributed by atoms with Gasteiger partial charge < -0.3 is 5.11 Å². The van der Waals surface area contributed by atoms with Gasteiger partial charge in [0.25, 0.3) is 5.78 Å². The fourth-order valence-electron chi connectivity index (χ4n) is 2.26. The molecule has 1 aromatic carbocycles. The number of rotatable bonds is 4. The van der Waals surface area contributed by atoms with Gasteiger partial charge in [-0.15, -0.1) is 0 Å². The SMILES string of the molecule is O=C(O)C(=O)c1ccc(CN2CCCCC2)cc1. The van der Waals surface area contributed by atoms with Gasteiger partial charge in [0.15, 0.2) is 0 Å². The third-order valence-electron chi connectivity index (χ3n) is 3.27. The van der Waals surface area contributed by atoms with Crippen molar-refractivity contribution in [3.05, 3.63) is 35.4 Å². The summed E-state index contributed by atoms with van der Waals surface area (Å²) in [6.45, 7) is 3.12. The number of carboxylic acids is 1. The van der Waals surface area contributed by atoms with Crippen LogP contribution < -0.4 is 0 Å². The molecule has 0 radical (unpaired) electrons. The third-order valence-corrected chi connectivity index (χ3v) is 3.27. The van der Waals surface area contributed by atoms with Crippen LogP contribution in [0.3, 0.4) is 0 Å². The van der Waals surface area contributed by atoms with E-state index in [1.165, 1.54) is 19.3 Å². The summed E-state index contributed by atoms with van der Waals surface area (Å²) >= 11 is 0. The Morgan fingerprint density at radius 2 is 1.67 bits per heavy atom. The van der Waals surface area contributed by atoms with Crippen molar-refractivity contribution >= 4 is 11.8 Å². The van der Waals surface area contributed by atoms with Gasteiger partial charge in [0, 0.05) is 12.1 Å². The number of carbonyl (C=O) groups excluding carboxylic acids is 1. The zero-order chi connectivity index (χ0) is 13.0. The number of hydrogen-bond donors (Lipinski definition) is 1. The van der Waals surface area contributed by atoms with Gasteiger partial charge in [-0.25, -0.2) is 4.79 Å². The van der Waals surface area contributed by atoms with Gasteiger partial charge in [-0.2, -0.15) is 0 Å². The van der Waals surface area contributed by atoms with E-state index in [1.54, 1.807) is 12.1 Å². The van der Waals surface area contributed by atoms with Crippen molar-refractivity contribution in [2.75, 3.05) is 13.1 Å². The molecule has 0 saturated carbocycles. The van der Waals surface area contributed by atoms with E-state index in [2.05, 4.69) is 4.90 Å². The molecular weight excluding hydrogens is 230 g/mol. The molecule has 0 aromatic heterocycles. The first-order valence-electron chi connectivity index (χ1n) is 6.26. The van der Waals surface area contributed by atoms with Crippen LogP contribution in [0.2, 0.25) is 0 Å². The normalized spacial score (nSPS) is 16.4. The van der Waals surface area contributed by atoms with E-state index in [0.717, 1.165) is 25.2 Å². The number of nitrogens with zero attached hydrogens (tertiary/aromatic N) is 1. The van der Waals surface area contributed by atoms with E-state index < -0.39 is 11.8 Å². The monoisotopic (exact) mass is 247 g/mol. The average molecular weight is 247 g/mol. The van der Waals surface area contributed by atoms with Crippen LogP contribution in [0.25, 0.3) is 0 Å². The van der Waals surface area contributed by atoms with Crippen molar-refractivity contribution in [3.63, 3.8) is 0 Å². The summed E-state index contributed by atoms with van der Waals surface area (Å²) in [5.74, 6) is -2.25. The topological polar surface area (TPSA) is 57.6 Å². The van der Waals surface area contributed by atoms with Crippen LogP contribution in [-0.2, 0) is 11.3 Å². The third kappa shape index (κ3) is 3.17. The highest BCUT2D eigenvalue weighted by Crippen LogP contribution is 2.13. The number of likely N-dealkylation sites (tertiary alicyclic amines) is 1. The molecule has 0 bridgehead atoms. The van der Waals surface area contributed by atoms with Gasteiger partial charge in [0.05, 0.1) is 0 Å². The summed E-state index contributed by atoms with van der Waals surface area (Å²) in [6, 6.07) is 6.86. The second kappa shape index (κ2) is 5.78. The lowest BCUT2D eigenvalue weighted by Crippen LogP contribution is -2.29. The number of carbonyl (C=O) groups is 2. The van der Waals surface area contributed by atoms with Crippen LogP contribution >= 0.6 is 0 Å². The fourth-order valence-corrected chi connectivity index (χ4v) is 2.26. The number of ketones is 1. The second-order valence-electron chi connectivity index (χ2n) is 4.67. The number of hydrogen-bond acceptors (Lipinski definition) is 3. The van der Waals surface area contributed by atoms with Gasteiger partial charge >= 0.3 is 5.97 Å². The molecule has 0 atom stereocenters. The number of carboxylic acid groups (broad SMARTS) is 1. The molecule has 4 heteroatoms. The van der Waals surface area contributed by atoms with Crippen LogP contribution in [0, 0.1) is 0 Å². The maximum atomic E-state index is 11.2. The first-order valence-corrected chi connectivity index (χ1v) is 6.26. The molecule has 96 valence electrons. The Kier molecular flexibility index (Phi) is 4.10. The summed E-state index contributed by atoms with van der Waals surface area (Å²) < 4.78 is 0. The standard InChI is InChI=1S/C14H17NO3/c16-13(14(17)18)12-6-4-11(5-7-12)10-15-8-2-1-3-9-15/h4-7H,1-3,8-10H2,(H,17,18). The van der Waals surface area contributed by atoms with E-state index in [4.69, 9.17) is 5.11 Å². The zero-order valence-corrected chi connectivity index (χ0v) is 10.3. The lowest BCUT2D eigenvalue weighted by Gasteiger charge is -2.26. The molecular formula is C14H17NO3. The van der Waals surface area contributed by atoms with Crippen molar-refractivity contribution in [1.82, 2.24) is 4.90 Å². The summed E-state index contributed by atoms with van der Waals surface area (Å²) in [6.07, 6.45) is 3.80. The van der Waals surface area contributed by atoms with E-state index in [9.17, 15) is 9.59 Å². The maximum Gasteiger partial charge on any atom is 0.377 e. The van der Waals surface area contributed by atoms with Crippen LogP contribution in [0.1, 0.15) is 35.2 Å². The molecule has 0 aliphatic carbocycles. The summed E-state index contributed by atoms with van der Waals surface area (Å²) in [7, 11) is 0. The van der Waals surface area contributed by atoms with E-state index >= 15 is 0 Å². The van der Waals surface area contributed by atoms with Gasteiger partial charge in [-0.1, -0.05) is 30.7 Å².